The van der Waals surface area contributed by atoms with Gasteiger partial charge in [0.15, 0.2) is 0 Å². The number of carbonyl (C=O) groups excluding carboxylic acids is 1. The van der Waals surface area contributed by atoms with Crippen LogP contribution in [0.1, 0.15) is 38.5 Å². The smallest absolute Gasteiger partial charge is 0.491 e. The number of hydrogen-bond acceptors (Lipinski definition) is 6. The quantitative estimate of drug-likeness (QED) is 0.548. The number of nitrogens with zero attached hydrogens (tertiary/aromatic N) is 2. The van der Waals surface area contributed by atoms with Crippen molar-refractivity contribution in [2.24, 2.45) is 0 Å². The normalized spacial score (nSPS) is 17.3. The summed E-state index contributed by atoms with van der Waals surface area (Å²) in [4.78, 5) is 32.4. The van der Waals surface area contributed by atoms with Crippen LogP contribution < -0.4 is 14.8 Å². The summed E-state index contributed by atoms with van der Waals surface area (Å²) in [6, 6.07) is 9.41. The topological polar surface area (TPSA) is 111 Å². The van der Waals surface area contributed by atoms with Gasteiger partial charge in [0.2, 0.25) is 0 Å². The minimum absolute atomic E-state index is 0.0727. The first-order chi connectivity index (χ1) is 16.1. The van der Waals surface area contributed by atoms with Crippen LogP contribution in [0.15, 0.2) is 54.9 Å². The fraction of sp³-hybridized carbons (Fsp3) is 0.182. The Bertz CT molecular complexity index is 1250. The number of aromatic carboxylic acids is 1. The lowest BCUT2D eigenvalue weighted by atomic mass is 9.81. The zero-order valence-corrected chi connectivity index (χ0v) is 17.9. The number of benzene rings is 1. The van der Waals surface area contributed by atoms with Crippen molar-refractivity contribution in [1.29, 1.82) is 0 Å². The Hall–Kier alpha value is -3.86. The predicted molar refractivity (Wildman–Crippen MR) is 112 cm³/mol. The number of hydrogen-bond donors (Lipinski definition) is 2. The average Bonchev–Trinajstić information content (AvgIpc) is 2.79. The molecule has 2 aromatic heterocycles. The number of nitrogens with one attached hydrogen (secondary N) is 1. The van der Waals surface area contributed by atoms with Crippen LogP contribution in [-0.4, -0.2) is 39.9 Å². The van der Waals surface area contributed by atoms with Crippen molar-refractivity contribution in [2.75, 3.05) is 6.61 Å². The lowest BCUT2D eigenvalue weighted by Gasteiger charge is -2.39. The number of aromatic nitrogens is 2. The average molecular weight is 494 g/mol. The third kappa shape index (κ3) is 4.60. The van der Waals surface area contributed by atoms with Crippen molar-refractivity contribution in [2.45, 2.75) is 18.3 Å². The molecule has 176 valence electrons. The van der Waals surface area contributed by atoms with E-state index < -0.39 is 29.5 Å². The molecule has 1 aromatic carbocycles. The van der Waals surface area contributed by atoms with Crippen LogP contribution >= 0.6 is 11.6 Å². The summed E-state index contributed by atoms with van der Waals surface area (Å²) in [6.45, 7) is 0.156. The first-order valence-corrected chi connectivity index (χ1v) is 10.1. The zero-order valence-electron chi connectivity index (χ0n) is 17.1. The summed E-state index contributed by atoms with van der Waals surface area (Å²) in [6.07, 6.45) is -2.24. The number of ether oxygens (including phenoxy) is 2. The molecule has 0 saturated carbocycles. The van der Waals surface area contributed by atoms with Crippen LogP contribution in [0.5, 0.6) is 11.5 Å². The van der Waals surface area contributed by atoms with Gasteiger partial charge in [-0.15, -0.1) is 13.2 Å². The second kappa shape index (κ2) is 8.82. The van der Waals surface area contributed by atoms with Crippen molar-refractivity contribution in [3.05, 3.63) is 82.4 Å². The van der Waals surface area contributed by atoms with E-state index in [9.17, 15) is 22.8 Å². The van der Waals surface area contributed by atoms with Crippen LogP contribution in [0.4, 0.5) is 13.2 Å². The lowest BCUT2D eigenvalue weighted by molar-refractivity contribution is -0.274. The van der Waals surface area contributed by atoms with Crippen molar-refractivity contribution >= 4 is 23.5 Å². The van der Waals surface area contributed by atoms with E-state index in [1.54, 1.807) is 12.1 Å². The lowest BCUT2D eigenvalue weighted by Crippen LogP contribution is -2.50. The molecule has 2 N–H and O–H groups in total. The van der Waals surface area contributed by atoms with Crippen LogP contribution in [-0.2, 0) is 5.54 Å². The van der Waals surface area contributed by atoms with E-state index >= 15 is 0 Å². The SMILES string of the molecule is O=C(O)c1ccc(C(=O)N[C@]2(c3ccc(OC(F)(F)F)c(Cl)c3)CCOc3cccnc32)nc1. The molecule has 0 radical (unpaired) electrons. The summed E-state index contributed by atoms with van der Waals surface area (Å²) in [5.74, 6) is -2.09. The van der Waals surface area contributed by atoms with Crippen molar-refractivity contribution in [1.82, 2.24) is 15.3 Å². The van der Waals surface area contributed by atoms with Gasteiger partial charge in [-0.1, -0.05) is 17.7 Å². The molecule has 0 bridgehead atoms. The molecular weight excluding hydrogens is 479 g/mol. The Morgan fingerprint density at radius 3 is 2.62 bits per heavy atom. The Morgan fingerprint density at radius 1 is 1.18 bits per heavy atom. The Kier molecular flexibility index (Phi) is 6.05. The van der Waals surface area contributed by atoms with E-state index in [2.05, 4.69) is 20.0 Å². The third-order valence-electron chi connectivity index (χ3n) is 5.13. The maximum absolute atomic E-state index is 13.1. The molecule has 1 amide bonds. The van der Waals surface area contributed by atoms with E-state index in [0.29, 0.717) is 17.0 Å². The first-order valence-electron chi connectivity index (χ1n) is 9.75. The second-order valence-corrected chi connectivity index (χ2v) is 7.65. The predicted octanol–water partition coefficient (Wildman–Crippen LogP) is 4.18. The number of carboxylic acids is 1. The van der Waals surface area contributed by atoms with Gasteiger partial charge in [0.05, 0.1) is 17.2 Å². The molecule has 4 rings (SSSR count). The fourth-order valence-corrected chi connectivity index (χ4v) is 3.84. The molecular formula is C22H15ClF3N3O5. The minimum atomic E-state index is -4.93. The highest BCUT2D eigenvalue weighted by Crippen LogP contribution is 2.43. The molecule has 12 heteroatoms. The molecule has 3 heterocycles. The summed E-state index contributed by atoms with van der Waals surface area (Å²) in [5, 5.41) is 11.6. The summed E-state index contributed by atoms with van der Waals surface area (Å²) < 4.78 is 47.6. The Morgan fingerprint density at radius 2 is 1.97 bits per heavy atom. The van der Waals surface area contributed by atoms with E-state index in [1.165, 1.54) is 30.5 Å². The summed E-state index contributed by atoms with van der Waals surface area (Å²) in [5.41, 5.74) is -0.851. The molecule has 0 spiro atoms. The Balaban J connectivity index is 1.78. The van der Waals surface area contributed by atoms with Crippen LogP contribution in [0.3, 0.4) is 0 Å². The maximum atomic E-state index is 13.1. The van der Waals surface area contributed by atoms with Crippen LogP contribution in [0.2, 0.25) is 5.02 Å². The van der Waals surface area contributed by atoms with Crippen LogP contribution in [0, 0.1) is 0 Å². The maximum Gasteiger partial charge on any atom is 0.573 e. The van der Waals surface area contributed by atoms with E-state index in [-0.39, 0.29) is 29.3 Å². The van der Waals surface area contributed by atoms with E-state index in [1.807, 2.05) is 0 Å². The fourth-order valence-electron chi connectivity index (χ4n) is 3.62. The standard InChI is InChI=1S/C22H15ClF3N3O5/c23-14-10-13(4-6-16(14)34-22(24,25)26)21(7-9-33-17-2-1-8-27-18(17)21)29-19(30)15-5-3-12(11-28-15)20(31)32/h1-6,8,10-11H,7,9H2,(H,29,30)(H,31,32)/t21-/m0/s1. The van der Waals surface area contributed by atoms with Crippen molar-refractivity contribution < 1.29 is 37.3 Å². The first kappa shape index (κ1) is 23.3. The largest absolute Gasteiger partial charge is 0.573 e. The van der Waals surface area contributed by atoms with Gasteiger partial charge < -0.3 is 19.9 Å². The molecule has 1 atom stereocenters. The number of carboxylic acid groups (broad SMARTS) is 1. The minimum Gasteiger partial charge on any atom is -0.491 e. The van der Waals surface area contributed by atoms with Gasteiger partial charge in [-0.3, -0.25) is 14.8 Å². The van der Waals surface area contributed by atoms with Gasteiger partial charge in [-0.25, -0.2) is 4.79 Å². The Labute approximate surface area is 195 Å². The zero-order chi connectivity index (χ0) is 24.5. The summed E-state index contributed by atoms with van der Waals surface area (Å²) >= 11 is 6.09. The molecule has 0 saturated heterocycles. The number of rotatable bonds is 5. The van der Waals surface area contributed by atoms with E-state index in [4.69, 9.17) is 21.4 Å². The monoisotopic (exact) mass is 493 g/mol. The third-order valence-corrected chi connectivity index (χ3v) is 5.43. The van der Waals surface area contributed by atoms with Gasteiger partial charge in [0.25, 0.3) is 5.91 Å². The van der Waals surface area contributed by atoms with Gasteiger partial charge >= 0.3 is 12.3 Å². The molecule has 1 aliphatic rings. The van der Waals surface area contributed by atoms with Crippen molar-refractivity contribution in [3.63, 3.8) is 0 Å². The molecule has 0 unspecified atom stereocenters. The number of halogens is 4. The summed E-state index contributed by atoms with van der Waals surface area (Å²) in [7, 11) is 0. The molecule has 34 heavy (non-hydrogen) atoms. The molecule has 0 fully saturated rings. The van der Waals surface area contributed by atoms with Gasteiger partial charge in [0.1, 0.15) is 28.4 Å². The number of amides is 1. The van der Waals surface area contributed by atoms with Gasteiger partial charge in [-0.2, -0.15) is 0 Å². The highest BCUT2D eigenvalue weighted by atomic mass is 35.5. The number of fused-ring (bicyclic) bond motifs is 1. The van der Waals surface area contributed by atoms with Gasteiger partial charge in [-0.05, 0) is 42.0 Å². The molecule has 1 aliphatic heterocycles. The molecule has 8 nitrogen and oxygen atoms in total. The van der Waals surface area contributed by atoms with E-state index in [0.717, 1.165) is 12.3 Å². The second-order valence-electron chi connectivity index (χ2n) is 7.24. The van der Waals surface area contributed by atoms with Gasteiger partial charge in [0, 0.05) is 18.8 Å². The highest BCUT2D eigenvalue weighted by Gasteiger charge is 2.43. The number of pyridine rings is 2. The highest BCUT2D eigenvalue weighted by molar-refractivity contribution is 6.32. The van der Waals surface area contributed by atoms with Crippen molar-refractivity contribution in [3.8, 4) is 11.5 Å². The number of alkyl halides is 3. The van der Waals surface area contributed by atoms with Crippen LogP contribution in [0.25, 0.3) is 0 Å². The number of carbonyl (C=O) groups is 2. The molecule has 0 aliphatic carbocycles. The molecule has 3 aromatic rings.